The summed E-state index contributed by atoms with van der Waals surface area (Å²) in [7, 11) is 2.12. The van der Waals surface area contributed by atoms with Gasteiger partial charge in [0.15, 0.2) is 0 Å². The lowest BCUT2D eigenvalue weighted by Crippen LogP contribution is -2.37. The Balaban J connectivity index is 1.66. The van der Waals surface area contributed by atoms with Crippen molar-refractivity contribution in [3.63, 3.8) is 0 Å². The predicted octanol–water partition coefficient (Wildman–Crippen LogP) is 2.36. The van der Waals surface area contributed by atoms with Crippen LogP contribution in [0.25, 0.3) is 10.7 Å². The topological polar surface area (TPSA) is 68.2 Å². The smallest absolute Gasteiger partial charge is 0.241 e. The molecule has 5 nitrogen and oxygen atoms in total. The van der Waals surface area contributed by atoms with Crippen molar-refractivity contribution in [2.45, 2.75) is 31.8 Å². The van der Waals surface area contributed by atoms with E-state index in [2.05, 4.69) is 22.1 Å². The van der Waals surface area contributed by atoms with E-state index >= 15 is 0 Å². The first-order chi connectivity index (χ1) is 9.78. The Morgan fingerprint density at radius 2 is 2.40 bits per heavy atom. The molecule has 0 aliphatic heterocycles. The van der Waals surface area contributed by atoms with Crippen molar-refractivity contribution in [2.24, 2.45) is 11.7 Å². The van der Waals surface area contributed by atoms with E-state index < -0.39 is 0 Å². The second-order valence-electron chi connectivity index (χ2n) is 5.40. The molecule has 1 aliphatic carbocycles. The van der Waals surface area contributed by atoms with Gasteiger partial charge in [-0.2, -0.15) is 4.98 Å². The van der Waals surface area contributed by atoms with Gasteiger partial charge in [0.2, 0.25) is 11.7 Å². The van der Waals surface area contributed by atoms with Gasteiger partial charge in [0.1, 0.15) is 0 Å². The largest absolute Gasteiger partial charge is 0.338 e. The van der Waals surface area contributed by atoms with Gasteiger partial charge in [-0.05, 0) is 43.8 Å². The molecule has 2 unspecified atom stereocenters. The van der Waals surface area contributed by atoms with Crippen molar-refractivity contribution in [2.75, 3.05) is 13.6 Å². The Morgan fingerprint density at radius 1 is 1.50 bits per heavy atom. The van der Waals surface area contributed by atoms with Crippen LogP contribution in [0.4, 0.5) is 0 Å². The van der Waals surface area contributed by atoms with Crippen molar-refractivity contribution in [1.82, 2.24) is 15.0 Å². The monoisotopic (exact) mass is 292 g/mol. The summed E-state index contributed by atoms with van der Waals surface area (Å²) in [5.74, 6) is 1.96. The highest BCUT2D eigenvalue weighted by Crippen LogP contribution is 2.29. The summed E-state index contributed by atoms with van der Waals surface area (Å²) in [6, 6.07) is 4.54. The molecule has 1 aliphatic rings. The van der Waals surface area contributed by atoms with Crippen LogP contribution in [0.1, 0.15) is 25.2 Å². The Hall–Kier alpha value is -1.24. The van der Waals surface area contributed by atoms with Crippen LogP contribution >= 0.6 is 11.3 Å². The molecular formula is C14H20N4OS. The molecule has 2 atom stereocenters. The third-order valence-corrected chi connectivity index (χ3v) is 4.95. The van der Waals surface area contributed by atoms with Crippen molar-refractivity contribution in [3.8, 4) is 10.7 Å². The van der Waals surface area contributed by atoms with E-state index in [1.807, 2.05) is 17.5 Å². The number of thiophene rings is 1. The molecule has 1 saturated carbocycles. The maximum absolute atomic E-state index is 5.85. The molecule has 0 amide bonds. The summed E-state index contributed by atoms with van der Waals surface area (Å²) in [6.45, 7) is 1.46. The average molecular weight is 292 g/mol. The highest BCUT2D eigenvalue weighted by atomic mass is 32.1. The van der Waals surface area contributed by atoms with Gasteiger partial charge in [-0.3, -0.25) is 4.90 Å². The number of nitrogens with two attached hydrogens (primary N) is 1. The first-order valence-electron chi connectivity index (χ1n) is 7.04. The summed E-state index contributed by atoms with van der Waals surface area (Å²) in [6.07, 6.45) is 3.71. The van der Waals surface area contributed by atoms with Gasteiger partial charge in [-0.1, -0.05) is 17.6 Å². The van der Waals surface area contributed by atoms with Crippen LogP contribution in [0.3, 0.4) is 0 Å². The van der Waals surface area contributed by atoms with Gasteiger partial charge in [-0.15, -0.1) is 11.3 Å². The summed E-state index contributed by atoms with van der Waals surface area (Å²) in [4.78, 5) is 7.82. The molecular weight excluding hydrogens is 272 g/mol. The number of hydrogen-bond donors (Lipinski definition) is 1. The molecule has 0 aromatic carbocycles. The van der Waals surface area contributed by atoms with Crippen molar-refractivity contribution < 1.29 is 4.52 Å². The molecule has 6 heteroatoms. The number of nitrogens with zero attached hydrogens (tertiary/aromatic N) is 3. The number of aromatic nitrogens is 2. The van der Waals surface area contributed by atoms with Crippen LogP contribution in [0, 0.1) is 5.92 Å². The lowest BCUT2D eigenvalue weighted by molar-refractivity contribution is 0.171. The third kappa shape index (κ3) is 2.77. The van der Waals surface area contributed by atoms with Crippen molar-refractivity contribution >= 4 is 11.3 Å². The van der Waals surface area contributed by atoms with Crippen molar-refractivity contribution in [1.29, 1.82) is 0 Å². The van der Waals surface area contributed by atoms with Crippen LogP contribution in [-0.2, 0) is 6.54 Å². The maximum atomic E-state index is 5.85. The SMILES string of the molecule is CN(Cc1nc(-c2cccs2)no1)C1CCCC1CN. The van der Waals surface area contributed by atoms with E-state index in [1.54, 1.807) is 11.3 Å². The Labute approximate surface area is 122 Å². The second-order valence-corrected chi connectivity index (χ2v) is 6.35. The maximum Gasteiger partial charge on any atom is 0.241 e. The highest BCUT2D eigenvalue weighted by molar-refractivity contribution is 7.13. The average Bonchev–Trinajstić information content (AvgIpc) is 3.19. The number of hydrogen-bond acceptors (Lipinski definition) is 6. The van der Waals surface area contributed by atoms with Gasteiger partial charge in [0, 0.05) is 6.04 Å². The Kier molecular flexibility index (Phi) is 4.14. The molecule has 0 spiro atoms. The summed E-state index contributed by atoms with van der Waals surface area (Å²) < 4.78 is 5.36. The van der Waals surface area contributed by atoms with Crippen LogP contribution in [0.15, 0.2) is 22.0 Å². The standard InChI is InChI=1S/C14H20N4OS/c1-18(11-5-2-4-10(11)8-15)9-13-16-14(17-19-13)12-6-3-7-20-12/h3,6-7,10-11H,2,4-5,8-9,15H2,1H3. The van der Waals surface area contributed by atoms with E-state index in [4.69, 9.17) is 10.3 Å². The fraction of sp³-hybridized carbons (Fsp3) is 0.571. The summed E-state index contributed by atoms with van der Waals surface area (Å²) in [5.41, 5.74) is 5.85. The molecule has 2 heterocycles. The van der Waals surface area contributed by atoms with E-state index in [0.717, 1.165) is 11.4 Å². The third-order valence-electron chi connectivity index (χ3n) is 4.08. The predicted molar refractivity (Wildman–Crippen MR) is 79.3 cm³/mol. The molecule has 108 valence electrons. The summed E-state index contributed by atoms with van der Waals surface area (Å²) in [5, 5.41) is 6.07. The molecule has 20 heavy (non-hydrogen) atoms. The van der Waals surface area contributed by atoms with Gasteiger partial charge in [-0.25, -0.2) is 0 Å². The minimum atomic E-state index is 0.539. The van der Waals surface area contributed by atoms with E-state index in [-0.39, 0.29) is 0 Å². The Morgan fingerprint density at radius 3 is 3.15 bits per heavy atom. The molecule has 3 rings (SSSR count). The van der Waals surface area contributed by atoms with Crippen LogP contribution in [-0.4, -0.2) is 34.7 Å². The lowest BCUT2D eigenvalue weighted by atomic mass is 10.0. The van der Waals surface area contributed by atoms with Crippen molar-refractivity contribution in [3.05, 3.63) is 23.4 Å². The van der Waals surface area contributed by atoms with Gasteiger partial charge in [0.25, 0.3) is 0 Å². The zero-order valence-corrected chi connectivity index (χ0v) is 12.5. The first-order valence-corrected chi connectivity index (χ1v) is 7.92. The van der Waals surface area contributed by atoms with Crippen LogP contribution in [0.5, 0.6) is 0 Å². The molecule has 0 bridgehead atoms. The fourth-order valence-electron chi connectivity index (χ4n) is 3.03. The van der Waals surface area contributed by atoms with Gasteiger partial charge >= 0.3 is 0 Å². The zero-order chi connectivity index (χ0) is 13.9. The second kappa shape index (κ2) is 6.03. The lowest BCUT2D eigenvalue weighted by Gasteiger charge is -2.27. The van der Waals surface area contributed by atoms with E-state index in [9.17, 15) is 0 Å². The number of rotatable bonds is 5. The zero-order valence-electron chi connectivity index (χ0n) is 11.7. The quantitative estimate of drug-likeness (QED) is 0.916. The Bertz CT molecular complexity index is 539. The van der Waals surface area contributed by atoms with E-state index in [0.29, 0.717) is 30.2 Å². The minimum Gasteiger partial charge on any atom is -0.338 e. The normalized spacial score (nSPS) is 22.8. The molecule has 0 saturated heterocycles. The van der Waals surface area contributed by atoms with E-state index in [1.165, 1.54) is 19.3 Å². The first kappa shape index (κ1) is 13.7. The molecule has 2 aromatic heterocycles. The fourth-order valence-corrected chi connectivity index (χ4v) is 3.68. The van der Waals surface area contributed by atoms with Gasteiger partial charge < -0.3 is 10.3 Å². The molecule has 2 N–H and O–H groups in total. The highest BCUT2D eigenvalue weighted by Gasteiger charge is 2.30. The molecule has 2 aromatic rings. The van der Waals surface area contributed by atoms with Crippen LogP contribution < -0.4 is 5.73 Å². The van der Waals surface area contributed by atoms with Gasteiger partial charge in [0.05, 0.1) is 11.4 Å². The summed E-state index contributed by atoms with van der Waals surface area (Å²) >= 11 is 1.62. The minimum absolute atomic E-state index is 0.539. The molecule has 1 fully saturated rings. The van der Waals surface area contributed by atoms with Crippen LogP contribution in [0.2, 0.25) is 0 Å². The molecule has 0 radical (unpaired) electrons.